The molecule has 0 spiro atoms. The van der Waals surface area contributed by atoms with Crippen LogP contribution in [0.4, 0.5) is 0 Å². The van der Waals surface area contributed by atoms with E-state index in [1.54, 1.807) is 12.1 Å². The van der Waals surface area contributed by atoms with Gasteiger partial charge < -0.3 is 4.74 Å². The van der Waals surface area contributed by atoms with Crippen molar-refractivity contribution in [3.05, 3.63) is 77.9 Å². The summed E-state index contributed by atoms with van der Waals surface area (Å²) in [4.78, 5) is 22.6. The fraction of sp³-hybridized carbons (Fsp3) is 0.0625. The molecule has 0 bridgehead atoms. The van der Waals surface area contributed by atoms with Crippen molar-refractivity contribution in [1.82, 2.24) is 0 Å². The standard InChI is InChI=1S/C16H10BrCl2NO4/c1-9(20(22)23)6-10-7-11(17)2-5-15(10)24-16(21)13-4-3-12(18)8-14(13)19/h2-8H,1H3. The first-order chi connectivity index (χ1) is 11.3. The van der Waals surface area contributed by atoms with Gasteiger partial charge in [0, 0.05) is 28.1 Å². The second-order valence-electron chi connectivity index (χ2n) is 4.74. The summed E-state index contributed by atoms with van der Waals surface area (Å²) in [5, 5.41) is 11.4. The second-order valence-corrected chi connectivity index (χ2v) is 6.50. The summed E-state index contributed by atoms with van der Waals surface area (Å²) < 4.78 is 6.02. The van der Waals surface area contributed by atoms with E-state index in [0.717, 1.165) is 0 Å². The first-order valence-corrected chi connectivity index (χ1v) is 8.12. The van der Waals surface area contributed by atoms with Gasteiger partial charge in [-0.25, -0.2) is 4.79 Å². The Balaban J connectivity index is 2.37. The molecule has 0 aliphatic heterocycles. The Labute approximate surface area is 156 Å². The summed E-state index contributed by atoms with van der Waals surface area (Å²) in [6.45, 7) is 1.35. The van der Waals surface area contributed by atoms with Crippen molar-refractivity contribution in [3.8, 4) is 5.75 Å². The highest BCUT2D eigenvalue weighted by Gasteiger charge is 2.16. The third-order valence-corrected chi connectivity index (χ3v) is 4.02. The molecule has 0 unspecified atom stereocenters. The molecule has 8 heteroatoms. The number of nitro groups is 1. The molecule has 0 saturated heterocycles. The molecule has 0 aliphatic carbocycles. The average molecular weight is 431 g/mol. The minimum atomic E-state index is -0.688. The number of allylic oxidation sites excluding steroid dienone is 1. The summed E-state index contributed by atoms with van der Waals surface area (Å²) >= 11 is 15.1. The zero-order chi connectivity index (χ0) is 17.9. The van der Waals surface area contributed by atoms with Crippen LogP contribution in [-0.4, -0.2) is 10.9 Å². The summed E-state index contributed by atoms with van der Waals surface area (Å²) in [5.74, 6) is -0.511. The quantitative estimate of drug-likeness (QED) is 0.273. The molecule has 24 heavy (non-hydrogen) atoms. The van der Waals surface area contributed by atoms with Gasteiger partial charge in [-0.2, -0.15) is 0 Å². The van der Waals surface area contributed by atoms with Gasteiger partial charge in [-0.15, -0.1) is 0 Å². The molecule has 0 heterocycles. The fourth-order valence-corrected chi connectivity index (χ4v) is 2.68. The predicted molar refractivity (Wildman–Crippen MR) is 96.2 cm³/mol. The van der Waals surface area contributed by atoms with Crippen LogP contribution >= 0.6 is 39.1 Å². The number of halogens is 3. The third kappa shape index (κ3) is 4.56. The monoisotopic (exact) mass is 429 g/mol. The number of hydrogen-bond donors (Lipinski definition) is 0. The van der Waals surface area contributed by atoms with E-state index >= 15 is 0 Å². The van der Waals surface area contributed by atoms with E-state index in [4.69, 9.17) is 27.9 Å². The molecule has 0 saturated carbocycles. The van der Waals surface area contributed by atoms with Gasteiger partial charge in [-0.05, 0) is 36.4 Å². The topological polar surface area (TPSA) is 69.4 Å². The van der Waals surface area contributed by atoms with E-state index in [1.807, 2.05) is 0 Å². The highest BCUT2D eigenvalue weighted by atomic mass is 79.9. The number of hydrogen-bond acceptors (Lipinski definition) is 4. The first kappa shape index (κ1) is 18.4. The van der Waals surface area contributed by atoms with E-state index in [0.29, 0.717) is 15.1 Å². The SMILES string of the molecule is CC(=Cc1cc(Br)ccc1OC(=O)c1ccc(Cl)cc1Cl)[N+](=O)[O-]. The van der Waals surface area contributed by atoms with E-state index in [1.165, 1.54) is 37.3 Å². The van der Waals surface area contributed by atoms with Crippen molar-refractivity contribution in [2.45, 2.75) is 6.92 Å². The van der Waals surface area contributed by atoms with Gasteiger partial charge in [-0.1, -0.05) is 39.1 Å². The van der Waals surface area contributed by atoms with Crippen molar-refractivity contribution in [3.63, 3.8) is 0 Å². The molecule has 0 aliphatic rings. The number of rotatable bonds is 4. The molecular weight excluding hydrogens is 421 g/mol. The Kier molecular flexibility index (Phi) is 5.99. The lowest BCUT2D eigenvalue weighted by Gasteiger charge is -2.09. The highest BCUT2D eigenvalue weighted by molar-refractivity contribution is 9.10. The van der Waals surface area contributed by atoms with Crippen LogP contribution < -0.4 is 4.74 Å². The second kappa shape index (κ2) is 7.79. The molecule has 0 fully saturated rings. The minimum absolute atomic E-state index is 0.0880. The molecule has 124 valence electrons. The van der Waals surface area contributed by atoms with Crippen LogP contribution in [0.2, 0.25) is 10.0 Å². The molecule has 0 amide bonds. The van der Waals surface area contributed by atoms with Crippen molar-refractivity contribution in [2.75, 3.05) is 0 Å². The van der Waals surface area contributed by atoms with Crippen molar-refractivity contribution >= 4 is 51.2 Å². The van der Waals surface area contributed by atoms with Gasteiger partial charge in [0.1, 0.15) is 5.75 Å². The Hall–Kier alpha value is -1.89. The van der Waals surface area contributed by atoms with Gasteiger partial charge in [-0.3, -0.25) is 10.1 Å². The zero-order valence-corrected chi connectivity index (χ0v) is 15.4. The Morgan fingerprint density at radius 1 is 1.25 bits per heavy atom. The number of esters is 1. The van der Waals surface area contributed by atoms with Gasteiger partial charge in [0.05, 0.1) is 15.5 Å². The summed E-state index contributed by atoms with van der Waals surface area (Å²) in [6, 6.07) is 9.20. The normalized spacial score (nSPS) is 11.2. The summed E-state index contributed by atoms with van der Waals surface area (Å²) in [6.07, 6.45) is 1.32. The molecule has 0 atom stereocenters. The van der Waals surface area contributed by atoms with Gasteiger partial charge in [0.25, 0.3) is 0 Å². The molecule has 5 nitrogen and oxygen atoms in total. The van der Waals surface area contributed by atoms with E-state index < -0.39 is 10.9 Å². The summed E-state index contributed by atoms with van der Waals surface area (Å²) in [5.41, 5.74) is 0.442. The van der Waals surface area contributed by atoms with Crippen LogP contribution in [0.5, 0.6) is 5.75 Å². The molecule has 0 radical (unpaired) electrons. The smallest absolute Gasteiger partial charge is 0.345 e. The van der Waals surface area contributed by atoms with Gasteiger partial charge in [0.2, 0.25) is 5.70 Å². The fourth-order valence-electron chi connectivity index (χ4n) is 1.81. The number of carbonyl (C=O) groups is 1. The maximum absolute atomic E-state index is 12.3. The Morgan fingerprint density at radius 3 is 2.58 bits per heavy atom. The van der Waals surface area contributed by atoms with Gasteiger partial charge >= 0.3 is 5.97 Å². The number of ether oxygens (including phenoxy) is 1. The lowest BCUT2D eigenvalue weighted by Crippen LogP contribution is -2.10. The first-order valence-electron chi connectivity index (χ1n) is 6.57. The van der Waals surface area contributed by atoms with E-state index in [9.17, 15) is 14.9 Å². The number of nitrogens with zero attached hydrogens (tertiary/aromatic N) is 1. The third-order valence-electron chi connectivity index (χ3n) is 2.98. The van der Waals surface area contributed by atoms with Crippen LogP contribution in [0.3, 0.4) is 0 Å². The molecule has 2 rings (SSSR count). The summed E-state index contributed by atoms with van der Waals surface area (Å²) in [7, 11) is 0. The molecule has 0 N–H and O–H groups in total. The lowest BCUT2D eigenvalue weighted by atomic mass is 10.1. The Bertz CT molecular complexity index is 852. The van der Waals surface area contributed by atoms with Gasteiger partial charge in [0.15, 0.2) is 0 Å². The maximum Gasteiger partial charge on any atom is 0.345 e. The number of benzene rings is 2. The minimum Gasteiger partial charge on any atom is -0.422 e. The predicted octanol–water partition coefficient (Wildman–Crippen LogP) is 5.61. The van der Waals surface area contributed by atoms with Crippen LogP contribution in [0.25, 0.3) is 6.08 Å². The molecule has 2 aromatic rings. The van der Waals surface area contributed by atoms with Crippen LogP contribution in [0.1, 0.15) is 22.8 Å². The lowest BCUT2D eigenvalue weighted by molar-refractivity contribution is -0.422. The zero-order valence-electron chi connectivity index (χ0n) is 12.3. The van der Waals surface area contributed by atoms with Crippen molar-refractivity contribution in [2.24, 2.45) is 0 Å². The van der Waals surface area contributed by atoms with Crippen LogP contribution in [0, 0.1) is 10.1 Å². The van der Waals surface area contributed by atoms with Crippen molar-refractivity contribution in [1.29, 1.82) is 0 Å². The van der Waals surface area contributed by atoms with E-state index in [-0.39, 0.29) is 22.0 Å². The largest absolute Gasteiger partial charge is 0.422 e. The number of carbonyl (C=O) groups excluding carboxylic acids is 1. The van der Waals surface area contributed by atoms with Crippen LogP contribution in [0.15, 0.2) is 46.6 Å². The molecule has 0 aromatic heterocycles. The highest BCUT2D eigenvalue weighted by Crippen LogP contribution is 2.28. The van der Waals surface area contributed by atoms with Crippen LogP contribution in [-0.2, 0) is 0 Å². The maximum atomic E-state index is 12.3. The average Bonchev–Trinajstić information content (AvgIpc) is 2.49. The molecule has 2 aromatic carbocycles. The Morgan fingerprint density at radius 2 is 1.96 bits per heavy atom. The van der Waals surface area contributed by atoms with E-state index in [2.05, 4.69) is 15.9 Å². The molecular formula is C16H10BrCl2NO4. The van der Waals surface area contributed by atoms with Crippen molar-refractivity contribution < 1.29 is 14.5 Å².